The zero-order valence-corrected chi connectivity index (χ0v) is 15.3. The first-order valence-corrected chi connectivity index (χ1v) is 9.57. The summed E-state index contributed by atoms with van der Waals surface area (Å²) in [5.41, 5.74) is 3.53. The topological polar surface area (TPSA) is 26.3 Å². The number of carbonyl (C=O) groups is 1. The van der Waals surface area contributed by atoms with Crippen molar-refractivity contribution < 1.29 is 9.53 Å². The van der Waals surface area contributed by atoms with Gasteiger partial charge < -0.3 is 4.74 Å². The second-order valence-electron chi connectivity index (χ2n) is 7.03. The Kier molecular flexibility index (Phi) is 5.91. The molecule has 2 atom stereocenters. The molecule has 0 radical (unpaired) electrons. The lowest BCUT2D eigenvalue weighted by atomic mass is 9.76. The zero-order chi connectivity index (χ0) is 17.6. The summed E-state index contributed by atoms with van der Waals surface area (Å²) in [5, 5.41) is 0. The molecule has 0 amide bonds. The van der Waals surface area contributed by atoms with Crippen molar-refractivity contribution in [3.05, 3.63) is 54.1 Å². The molecule has 1 fully saturated rings. The molecule has 0 spiro atoms. The average molecular weight is 336 g/mol. The minimum atomic E-state index is 0.0995. The van der Waals surface area contributed by atoms with Crippen molar-refractivity contribution in [3.8, 4) is 16.9 Å². The Morgan fingerprint density at radius 1 is 0.920 bits per heavy atom. The number of hydrogen-bond acceptors (Lipinski definition) is 2. The van der Waals surface area contributed by atoms with Gasteiger partial charge in [0, 0.05) is 12.3 Å². The van der Waals surface area contributed by atoms with E-state index in [2.05, 4.69) is 43.3 Å². The highest BCUT2D eigenvalue weighted by atomic mass is 16.5. The third-order valence-corrected chi connectivity index (χ3v) is 5.25. The van der Waals surface area contributed by atoms with Crippen LogP contribution in [0.2, 0.25) is 0 Å². The summed E-state index contributed by atoms with van der Waals surface area (Å²) < 4.78 is 5.50. The summed E-state index contributed by atoms with van der Waals surface area (Å²) in [6.45, 7) is 4.88. The highest BCUT2D eigenvalue weighted by molar-refractivity contribution is 5.86. The van der Waals surface area contributed by atoms with Crippen molar-refractivity contribution in [1.82, 2.24) is 0 Å². The maximum Gasteiger partial charge on any atom is 0.140 e. The van der Waals surface area contributed by atoms with E-state index in [9.17, 15) is 4.79 Å². The summed E-state index contributed by atoms with van der Waals surface area (Å²) >= 11 is 0. The van der Waals surface area contributed by atoms with Gasteiger partial charge >= 0.3 is 0 Å². The fourth-order valence-electron chi connectivity index (χ4n) is 3.92. The molecule has 1 aliphatic rings. The van der Waals surface area contributed by atoms with E-state index < -0.39 is 0 Å². The third-order valence-electron chi connectivity index (χ3n) is 5.25. The molecule has 132 valence electrons. The maximum absolute atomic E-state index is 12.5. The molecule has 0 heterocycles. The van der Waals surface area contributed by atoms with Crippen LogP contribution in [0.5, 0.6) is 5.75 Å². The van der Waals surface area contributed by atoms with Crippen LogP contribution in [0.15, 0.2) is 48.5 Å². The van der Waals surface area contributed by atoms with E-state index in [-0.39, 0.29) is 5.92 Å². The quantitative estimate of drug-likeness (QED) is 0.646. The Labute approximate surface area is 151 Å². The summed E-state index contributed by atoms with van der Waals surface area (Å²) in [7, 11) is 0. The van der Waals surface area contributed by atoms with Gasteiger partial charge in [-0.1, -0.05) is 56.2 Å². The smallest absolute Gasteiger partial charge is 0.140 e. The fraction of sp³-hybridized carbons (Fsp3) is 0.435. The molecule has 0 unspecified atom stereocenters. The molecule has 2 aromatic carbocycles. The van der Waals surface area contributed by atoms with E-state index in [0.29, 0.717) is 18.3 Å². The first kappa shape index (κ1) is 17.7. The van der Waals surface area contributed by atoms with Gasteiger partial charge in [-0.25, -0.2) is 0 Å². The molecule has 0 aliphatic heterocycles. The Morgan fingerprint density at radius 2 is 1.56 bits per heavy atom. The Balaban J connectivity index is 1.69. The van der Waals surface area contributed by atoms with Gasteiger partial charge in [-0.05, 0) is 54.5 Å². The van der Waals surface area contributed by atoms with E-state index in [1.54, 1.807) is 0 Å². The molecule has 2 nitrogen and oxygen atoms in total. The minimum Gasteiger partial charge on any atom is -0.494 e. The molecule has 1 aliphatic carbocycles. The molecular weight excluding hydrogens is 308 g/mol. The van der Waals surface area contributed by atoms with Crippen molar-refractivity contribution in [1.29, 1.82) is 0 Å². The van der Waals surface area contributed by atoms with Crippen molar-refractivity contribution in [2.75, 3.05) is 6.61 Å². The van der Waals surface area contributed by atoms with Gasteiger partial charge in [-0.15, -0.1) is 0 Å². The van der Waals surface area contributed by atoms with Gasteiger partial charge in [0.1, 0.15) is 11.5 Å². The van der Waals surface area contributed by atoms with Crippen molar-refractivity contribution in [2.24, 2.45) is 5.92 Å². The molecule has 0 saturated heterocycles. The van der Waals surface area contributed by atoms with E-state index >= 15 is 0 Å². The van der Waals surface area contributed by atoms with Crippen molar-refractivity contribution in [3.63, 3.8) is 0 Å². The lowest BCUT2D eigenvalue weighted by Gasteiger charge is -2.27. The van der Waals surface area contributed by atoms with Crippen LogP contribution in [0.25, 0.3) is 11.1 Å². The maximum atomic E-state index is 12.5. The number of benzene rings is 2. The summed E-state index contributed by atoms with van der Waals surface area (Å²) in [4.78, 5) is 12.5. The number of rotatable bonds is 6. The standard InChI is InChI=1S/C23H28O2/c1-3-5-17-6-15-22(23(24)16-17)20-9-7-18(8-10-20)19-11-13-21(14-12-19)25-4-2/h7-14,17,22H,3-6,15-16H2,1-2H3/t17-,22+/m1/s1. The van der Waals surface area contributed by atoms with Gasteiger partial charge in [0.15, 0.2) is 0 Å². The summed E-state index contributed by atoms with van der Waals surface area (Å²) in [6, 6.07) is 16.7. The van der Waals surface area contributed by atoms with Gasteiger partial charge in [0.25, 0.3) is 0 Å². The van der Waals surface area contributed by atoms with Crippen LogP contribution < -0.4 is 4.74 Å². The molecule has 2 heteroatoms. The number of Topliss-reactive ketones (excluding diaryl/α,β-unsaturated/α-hetero) is 1. The Morgan fingerprint density at radius 3 is 2.12 bits per heavy atom. The predicted octanol–water partition coefficient (Wildman–Crippen LogP) is 6.01. The summed E-state index contributed by atoms with van der Waals surface area (Å²) in [6.07, 6.45) is 5.32. The SMILES string of the molecule is CCC[C@@H]1CC[C@@H](c2ccc(-c3ccc(OCC)cc3)cc2)C(=O)C1. The third kappa shape index (κ3) is 4.31. The van der Waals surface area contributed by atoms with Crippen LogP contribution in [-0.4, -0.2) is 12.4 Å². The van der Waals surface area contributed by atoms with Crippen LogP contribution in [0, 0.1) is 5.92 Å². The molecule has 0 bridgehead atoms. The molecule has 1 saturated carbocycles. The molecular formula is C23H28O2. The Hall–Kier alpha value is -2.09. The second kappa shape index (κ2) is 8.33. The number of carbonyl (C=O) groups excluding carboxylic acids is 1. The highest BCUT2D eigenvalue weighted by Crippen LogP contribution is 2.35. The highest BCUT2D eigenvalue weighted by Gasteiger charge is 2.29. The van der Waals surface area contributed by atoms with E-state index in [0.717, 1.165) is 18.6 Å². The first-order chi connectivity index (χ1) is 12.2. The molecule has 0 N–H and O–H groups in total. The van der Waals surface area contributed by atoms with Crippen LogP contribution >= 0.6 is 0 Å². The predicted molar refractivity (Wildman–Crippen MR) is 103 cm³/mol. The lowest BCUT2D eigenvalue weighted by Crippen LogP contribution is -2.23. The largest absolute Gasteiger partial charge is 0.494 e. The first-order valence-electron chi connectivity index (χ1n) is 9.57. The second-order valence-corrected chi connectivity index (χ2v) is 7.03. The van der Waals surface area contributed by atoms with Crippen LogP contribution in [0.4, 0.5) is 0 Å². The van der Waals surface area contributed by atoms with Crippen LogP contribution in [-0.2, 0) is 4.79 Å². The van der Waals surface area contributed by atoms with E-state index in [4.69, 9.17) is 4.74 Å². The monoisotopic (exact) mass is 336 g/mol. The van der Waals surface area contributed by atoms with E-state index in [1.165, 1.54) is 36.0 Å². The molecule has 25 heavy (non-hydrogen) atoms. The van der Waals surface area contributed by atoms with Gasteiger partial charge in [-0.2, -0.15) is 0 Å². The van der Waals surface area contributed by atoms with Crippen LogP contribution in [0.3, 0.4) is 0 Å². The summed E-state index contributed by atoms with van der Waals surface area (Å²) in [5.74, 6) is 2.04. The Bertz CT molecular complexity index is 685. The van der Waals surface area contributed by atoms with Gasteiger partial charge in [-0.3, -0.25) is 4.79 Å². The number of ether oxygens (including phenoxy) is 1. The van der Waals surface area contributed by atoms with Crippen LogP contribution in [0.1, 0.15) is 57.4 Å². The van der Waals surface area contributed by atoms with Gasteiger partial charge in [0.2, 0.25) is 0 Å². The normalized spacial score (nSPS) is 20.5. The van der Waals surface area contributed by atoms with Crippen molar-refractivity contribution >= 4 is 5.78 Å². The average Bonchev–Trinajstić information content (AvgIpc) is 2.63. The fourth-order valence-corrected chi connectivity index (χ4v) is 3.92. The van der Waals surface area contributed by atoms with Crippen molar-refractivity contribution in [2.45, 2.75) is 51.9 Å². The number of hydrogen-bond donors (Lipinski definition) is 0. The number of ketones is 1. The van der Waals surface area contributed by atoms with Gasteiger partial charge in [0.05, 0.1) is 6.61 Å². The molecule has 0 aromatic heterocycles. The minimum absolute atomic E-state index is 0.0995. The van der Waals surface area contributed by atoms with E-state index in [1.807, 2.05) is 19.1 Å². The molecule has 3 rings (SSSR count). The molecule has 2 aromatic rings. The zero-order valence-electron chi connectivity index (χ0n) is 15.3. The lowest BCUT2D eigenvalue weighted by molar-refractivity contribution is -0.123.